The Morgan fingerprint density at radius 3 is 2.40 bits per heavy atom. The largest absolute Gasteiger partial charge is 0.435 e. The molecule has 0 aliphatic carbocycles. The van der Waals surface area contributed by atoms with Crippen molar-refractivity contribution in [2.24, 2.45) is 0 Å². The van der Waals surface area contributed by atoms with Crippen LogP contribution in [-0.4, -0.2) is 12.5 Å². The van der Waals surface area contributed by atoms with Gasteiger partial charge in [-0.2, -0.15) is 8.78 Å². The number of nitrogens with one attached hydrogen (secondary N) is 1. The molecule has 0 aromatic heterocycles. The van der Waals surface area contributed by atoms with Crippen molar-refractivity contribution in [1.82, 2.24) is 0 Å². The standard InChI is InChI=1S/C20H21F2NO2/c1-13(2)17-6-4-5-14(3)19(17)23-18(24)12-9-15-7-10-16(11-8-15)25-20(21)22/h4-13,20H,1-3H3,(H,23,24)/b12-9+. The van der Waals surface area contributed by atoms with Gasteiger partial charge in [0.1, 0.15) is 5.75 Å². The topological polar surface area (TPSA) is 38.3 Å². The molecule has 0 spiro atoms. The quantitative estimate of drug-likeness (QED) is 0.715. The number of amides is 1. The fraction of sp³-hybridized carbons (Fsp3) is 0.250. The number of carbonyl (C=O) groups is 1. The number of hydrogen-bond donors (Lipinski definition) is 1. The molecule has 132 valence electrons. The molecule has 1 amide bonds. The second-order valence-electron chi connectivity index (χ2n) is 5.96. The lowest BCUT2D eigenvalue weighted by Gasteiger charge is -2.15. The fourth-order valence-corrected chi connectivity index (χ4v) is 2.44. The maximum atomic E-state index is 12.2. The summed E-state index contributed by atoms with van der Waals surface area (Å²) in [6.45, 7) is 3.25. The molecule has 0 saturated carbocycles. The van der Waals surface area contributed by atoms with Gasteiger partial charge in [0.2, 0.25) is 5.91 Å². The lowest BCUT2D eigenvalue weighted by atomic mass is 9.98. The summed E-state index contributed by atoms with van der Waals surface area (Å²) in [7, 11) is 0. The number of alkyl halides is 2. The van der Waals surface area contributed by atoms with E-state index in [2.05, 4.69) is 23.9 Å². The first-order valence-corrected chi connectivity index (χ1v) is 8.00. The van der Waals surface area contributed by atoms with Crippen molar-refractivity contribution in [2.45, 2.75) is 33.3 Å². The second kappa shape index (κ2) is 8.42. The van der Waals surface area contributed by atoms with Gasteiger partial charge in [0.25, 0.3) is 0 Å². The molecule has 0 aliphatic rings. The number of ether oxygens (including phenoxy) is 1. The van der Waals surface area contributed by atoms with Crippen LogP contribution in [0.15, 0.2) is 48.5 Å². The summed E-state index contributed by atoms with van der Waals surface area (Å²) in [5, 5.41) is 2.92. The molecule has 0 aliphatic heterocycles. The van der Waals surface area contributed by atoms with Crippen LogP contribution < -0.4 is 10.1 Å². The Kier molecular flexibility index (Phi) is 6.28. The van der Waals surface area contributed by atoms with E-state index < -0.39 is 6.61 Å². The van der Waals surface area contributed by atoms with Gasteiger partial charge < -0.3 is 10.1 Å². The van der Waals surface area contributed by atoms with Crippen molar-refractivity contribution in [3.63, 3.8) is 0 Å². The smallest absolute Gasteiger partial charge is 0.387 e. The first-order valence-electron chi connectivity index (χ1n) is 8.00. The Balaban J connectivity index is 2.07. The fourth-order valence-electron chi connectivity index (χ4n) is 2.44. The molecule has 0 atom stereocenters. The minimum atomic E-state index is -2.85. The predicted molar refractivity (Wildman–Crippen MR) is 96.0 cm³/mol. The van der Waals surface area contributed by atoms with Crippen molar-refractivity contribution >= 4 is 17.7 Å². The minimum absolute atomic E-state index is 0.0816. The van der Waals surface area contributed by atoms with Crippen molar-refractivity contribution in [1.29, 1.82) is 0 Å². The van der Waals surface area contributed by atoms with E-state index in [1.165, 1.54) is 18.2 Å². The van der Waals surface area contributed by atoms with E-state index in [4.69, 9.17) is 0 Å². The molecule has 25 heavy (non-hydrogen) atoms. The highest BCUT2D eigenvalue weighted by Crippen LogP contribution is 2.27. The number of aryl methyl sites for hydroxylation is 1. The van der Waals surface area contributed by atoms with Crippen molar-refractivity contribution in [3.8, 4) is 5.75 Å². The average molecular weight is 345 g/mol. The molecule has 0 heterocycles. The first-order chi connectivity index (χ1) is 11.9. The lowest BCUT2D eigenvalue weighted by molar-refractivity contribution is -0.111. The van der Waals surface area contributed by atoms with Gasteiger partial charge in [-0.15, -0.1) is 0 Å². The highest BCUT2D eigenvalue weighted by molar-refractivity contribution is 6.02. The highest BCUT2D eigenvalue weighted by atomic mass is 19.3. The van der Waals surface area contributed by atoms with E-state index in [9.17, 15) is 13.6 Å². The minimum Gasteiger partial charge on any atom is -0.435 e. The van der Waals surface area contributed by atoms with Gasteiger partial charge in [-0.05, 0) is 47.7 Å². The summed E-state index contributed by atoms with van der Waals surface area (Å²) >= 11 is 0. The van der Waals surface area contributed by atoms with Crippen molar-refractivity contribution in [2.75, 3.05) is 5.32 Å². The van der Waals surface area contributed by atoms with Gasteiger partial charge in [-0.25, -0.2) is 0 Å². The summed E-state index contributed by atoms with van der Waals surface area (Å²) in [6.07, 6.45) is 3.04. The second-order valence-corrected chi connectivity index (χ2v) is 5.96. The maximum absolute atomic E-state index is 12.2. The third-order valence-corrected chi connectivity index (χ3v) is 3.71. The van der Waals surface area contributed by atoms with Crippen LogP contribution in [0.1, 0.15) is 36.5 Å². The Hall–Kier alpha value is -2.69. The number of halogens is 2. The summed E-state index contributed by atoms with van der Waals surface area (Å²) in [5.41, 5.74) is 3.62. The number of benzene rings is 2. The molecule has 0 radical (unpaired) electrons. The van der Waals surface area contributed by atoms with Crippen LogP contribution in [-0.2, 0) is 4.79 Å². The number of hydrogen-bond acceptors (Lipinski definition) is 2. The average Bonchev–Trinajstić information content (AvgIpc) is 2.55. The summed E-state index contributed by atoms with van der Waals surface area (Å²) < 4.78 is 28.5. The molecule has 5 heteroatoms. The summed E-state index contributed by atoms with van der Waals surface area (Å²) in [4.78, 5) is 12.2. The normalized spacial score (nSPS) is 11.3. The van der Waals surface area contributed by atoms with Gasteiger partial charge in [0.05, 0.1) is 0 Å². The Labute approximate surface area is 146 Å². The SMILES string of the molecule is Cc1cccc(C(C)C)c1NC(=O)/C=C/c1ccc(OC(F)F)cc1. The molecule has 2 aromatic carbocycles. The van der Waals surface area contributed by atoms with Gasteiger partial charge in [0.15, 0.2) is 0 Å². The molecule has 2 aromatic rings. The summed E-state index contributed by atoms with van der Waals surface area (Å²) in [5.74, 6) is 0.128. The zero-order valence-corrected chi connectivity index (χ0v) is 14.4. The first kappa shape index (κ1) is 18.6. The van der Waals surface area contributed by atoms with Crippen LogP contribution >= 0.6 is 0 Å². The van der Waals surface area contributed by atoms with E-state index in [1.807, 2.05) is 25.1 Å². The van der Waals surface area contributed by atoms with Crippen molar-refractivity contribution in [3.05, 3.63) is 65.2 Å². The third kappa shape index (κ3) is 5.41. The van der Waals surface area contributed by atoms with Gasteiger partial charge >= 0.3 is 6.61 Å². The molecular formula is C20H21F2NO2. The van der Waals surface area contributed by atoms with Crippen LogP contribution in [0.25, 0.3) is 6.08 Å². The van der Waals surface area contributed by atoms with Gasteiger partial charge in [-0.3, -0.25) is 4.79 Å². The van der Waals surface area contributed by atoms with Crippen LogP contribution in [0.3, 0.4) is 0 Å². The van der Waals surface area contributed by atoms with Gasteiger partial charge in [0, 0.05) is 11.8 Å². The van der Waals surface area contributed by atoms with E-state index in [-0.39, 0.29) is 11.7 Å². The van der Waals surface area contributed by atoms with Gasteiger partial charge in [-0.1, -0.05) is 44.2 Å². The molecule has 0 unspecified atom stereocenters. The highest BCUT2D eigenvalue weighted by Gasteiger charge is 2.10. The molecule has 0 fully saturated rings. The Morgan fingerprint density at radius 2 is 1.80 bits per heavy atom. The summed E-state index contributed by atoms with van der Waals surface area (Å²) in [6, 6.07) is 12.0. The molecule has 2 rings (SSSR count). The number of carbonyl (C=O) groups excluding carboxylic acids is 1. The zero-order valence-electron chi connectivity index (χ0n) is 14.4. The van der Waals surface area contributed by atoms with E-state index >= 15 is 0 Å². The zero-order chi connectivity index (χ0) is 18.4. The lowest BCUT2D eigenvalue weighted by Crippen LogP contribution is -2.11. The Bertz CT molecular complexity index is 753. The maximum Gasteiger partial charge on any atom is 0.387 e. The number of anilines is 1. The molecule has 0 bridgehead atoms. The monoisotopic (exact) mass is 345 g/mol. The molecule has 1 N–H and O–H groups in total. The van der Waals surface area contributed by atoms with E-state index in [0.29, 0.717) is 11.5 Å². The number of rotatable bonds is 6. The molecular weight excluding hydrogens is 324 g/mol. The van der Waals surface area contributed by atoms with Crippen molar-refractivity contribution < 1.29 is 18.3 Å². The van der Waals surface area contributed by atoms with Crippen LogP contribution in [0.4, 0.5) is 14.5 Å². The van der Waals surface area contributed by atoms with E-state index in [0.717, 1.165) is 16.8 Å². The Morgan fingerprint density at radius 1 is 1.12 bits per heavy atom. The predicted octanol–water partition coefficient (Wildman–Crippen LogP) is 5.37. The third-order valence-electron chi connectivity index (χ3n) is 3.71. The molecule has 0 saturated heterocycles. The van der Waals surface area contributed by atoms with Crippen LogP contribution in [0.5, 0.6) is 5.75 Å². The number of para-hydroxylation sites is 1. The molecule has 3 nitrogen and oxygen atoms in total. The van der Waals surface area contributed by atoms with Crippen LogP contribution in [0.2, 0.25) is 0 Å². The van der Waals surface area contributed by atoms with E-state index in [1.54, 1.807) is 18.2 Å². The van der Waals surface area contributed by atoms with Crippen LogP contribution in [0, 0.1) is 6.92 Å².